The zero-order valence-corrected chi connectivity index (χ0v) is 23.9. The molecule has 0 amide bonds. The van der Waals surface area contributed by atoms with Gasteiger partial charge in [0.2, 0.25) is 0 Å². The van der Waals surface area contributed by atoms with E-state index in [1.54, 1.807) is 0 Å². The lowest BCUT2D eigenvalue weighted by atomic mass is 10.00. The van der Waals surface area contributed by atoms with E-state index in [2.05, 4.69) is 173 Å². The second-order valence-electron chi connectivity index (χ2n) is 11.3. The quantitative estimate of drug-likeness (QED) is 0.210. The second-order valence-corrected chi connectivity index (χ2v) is 11.3. The highest BCUT2D eigenvalue weighted by Crippen LogP contribution is 2.40. The van der Waals surface area contributed by atoms with Gasteiger partial charge in [0.1, 0.15) is 0 Å². The van der Waals surface area contributed by atoms with Crippen LogP contribution in [0.15, 0.2) is 164 Å². The van der Waals surface area contributed by atoms with Gasteiger partial charge in [0, 0.05) is 50.2 Å². The average Bonchev–Trinajstić information content (AvgIpc) is 3.68. The monoisotopic (exact) mass is 561 g/mol. The standard InChI is InChI=1S/C41H27N3/c1-4-12-28(13-5-1)40-33-19-11-10-14-29(33)27-37(42-40)30-20-22-39-36(26-30)34-21-23-38-35(24-25-43(38)31-15-6-2-7-16-31)41(34)44(39)32-17-8-3-9-18-32/h1-27H. The third-order valence-corrected chi connectivity index (χ3v) is 8.73. The van der Waals surface area contributed by atoms with Gasteiger partial charge < -0.3 is 9.13 Å². The predicted octanol–water partition coefficient (Wildman–Crippen LogP) is 10.6. The summed E-state index contributed by atoms with van der Waals surface area (Å²) in [5, 5.41) is 6.02. The molecule has 3 heterocycles. The lowest BCUT2D eigenvalue weighted by Crippen LogP contribution is -1.95. The Morgan fingerprint density at radius 2 is 1.11 bits per heavy atom. The van der Waals surface area contributed by atoms with Crippen LogP contribution < -0.4 is 0 Å². The Balaban J connectivity index is 1.32. The molecule has 3 nitrogen and oxygen atoms in total. The van der Waals surface area contributed by atoms with Crippen molar-refractivity contribution in [1.29, 1.82) is 0 Å². The number of nitrogens with zero attached hydrogens (tertiary/aromatic N) is 3. The van der Waals surface area contributed by atoms with Gasteiger partial charge in [-0.05, 0) is 60.0 Å². The Kier molecular flexibility index (Phi) is 5.50. The van der Waals surface area contributed by atoms with Crippen LogP contribution in [0.3, 0.4) is 0 Å². The van der Waals surface area contributed by atoms with Crippen LogP contribution >= 0.6 is 0 Å². The number of fused-ring (bicyclic) bond motifs is 6. The van der Waals surface area contributed by atoms with Gasteiger partial charge in [0.25, 0.3) is 0 Å². The summed E-state index contributed by atoms with van der Waals surface area (Å²) in [5.74, 6) is 0. The number of benzene rings is 6. The van der Waals surface area contributed by atoms with Gasteiger partial charge >= 0.3 is 0 Å². The van der Waals surface area contributed by atoms with E-state index in [0.29, 0.717) is 0 Å². The Morgan fingerprint density at radius 1 is 0.432 bits per heavy atom. The zero-order valence-electron chi connectivity index (χ0n) is 23.9. The van der Waals surface area contributed by atoms with Gasteiger partial charge in [-0.3, -0.25) is 0 Å². The van der Waals surface area contributed by atoms with Crippen LogP contribution in [-0.2, 0) is 0 Å². The van der Waals surface area contributed by atoms with Crippen molar-refractivity contribution in [1.82, 2.24) is 14.1 Å². The van der Waals surface area contributed by atoms with E-state index in [1.807, 2.05) is 0 Å². The van der Waals surface area contributed by atoms with Gasteiger partial charge in [0.05, 0.1) is 27.9 Å². The summed E-state index contributed by atoms with van der Waals surface area (Å²) in [7, 11) is 0. The van der Waals surface area contributed by atoms with Crippen molar-refractivity contribution in [3.05, 3.63) is 164 Å². The number of pyridine rings is 1. The SMILES string of the molecule is c1ccc(-c2nc(-c3ccc4c(c3)c3ccc5c(ccn5-c5ccccc5)c3n4-c3ccccc3)cc3ccccc23)cc1. The molecule has 0 radical (unpaired) electrons. The maximum Gasteiger partial charge on any atom is 0.0787 e. The minimum atomic E-state index is 0.973. The number of hydrogen-bond donors (Lipinski definition) is 0. The molecule has 0 unspecified atom stereocenters. The van der Waals surface area contributed by atoms with Crippen LogP contribution in [0.25, 0.3) is 77.4 Å². The van der Waals surface area contributed by atoms with Crippen molar-refractivity contribution >= 4 is 43.5 Å². The van der Waals surface area contributed by atoms with Crippen LogP contribution in [0, 0.1) is 0 Å². The highest BCUT2D eigenvalue weighted by molar-refractivity contribution is 6.19. The molecule has 44 heavy (non-hydrogen) atoms. The molecule has 0 fully saturated rings. The fourth-order valence-electron chi connectivity index (χ4n) is 6.71. The molecule has 0 saturated heterocycles. The van der Waals surface area contributed by atoms with Crippen LogP contribution in [0.1, 0.15) is 0 Å². The average molecular weight is 562 g/mol. The summed E-state index contributed by atoms with van der Waals surface area (Å²) in [6.07, 6.45) is 2.18. The maximum atomic E-state index is 5.27. The summed E-state index contributed by atoms with van der Waals surface area (Å²) in [6, 6.07) is 56.1. The lowest BCUT2D eigenvalue weighted by Gasteiger charge is -2.11. The van der Waals surface area contributed by atoms with Gasteiger partial charge in [-0.2, -0.15) is 0 Å². The van der Waals surface area contributed by atoms with Crippen molar-refractivity contribution in [2.45, 2.75) is 0 Å². The van der Waals surface area contributed by atoms with E-state index >= 15 is 0 Å². The normalized spacial score (nSPS) is 11.6. The van der Waals surface area contributed by atoms with Gasteiger partial charge in [-0.15, -0.1) is 0 Å². The maximum absolute atomic E-state index is 5.27. The third kappa shape index (κ3) is 3.80. The molecule has 3 heteroatoms. The topological polar surface area (TPSA) is 22.8 Å². The molecule has 0 aliphatic rings. The third-order valence-electron chi connectivity index (χ3n) is 8.73. The second kappa shape index (κ2) is 9.82. The van der Waals surface area contributed by atoms with Crippen molar-refractivity contribution in [3.8, 4) is 33.9 Å². The largest absolute Gasteiger partial charge is 0.316 e. The van der Waals surface area contributed by atoms with E-state index in [9.17, 15) is 0 Å². The molecule has 0 atom stereocenters. The van der Waals surface area contributed by atoms with Crippen LogP contribution in [-0.4, -0.2) is 14.1 Å². The Bertz CT molecular complexity index is 2470. The first-order chi connectivity index (χ1) is 21.8. The van der Waals surface area contributed by atoms with Crippen LogP contribution in [0.4, 0.5) is 0 Å². The number of para-hydroxylation sites is 2. The van der Waals surface area contributed by atoms with Crippen LogP contribution in [0.5, 0.6) is 0 Å². The first-order valence-corrected chi connectivity index (χ1v) is 15.0. The van der Waals surface area contributed by atoms with Gasteiger partial charge in [0.15, 0.2) is 0 Å². The van der Waals surface area contributed by atoms with Crippen molar-refractivity contribution in [2.75, 3.05) is 0 Å². The summed E-state index contributed by atoms with van der Waals surface area (Å²) in [6.45, 7) is 0. The van der Waals surface area contributed by atoms with Crippen LogP contribution in [0.2, 0.25) is 0 Å². The Hall–Kier alpha value is -5.93. The highest BCUT2D eigenvalue weighted by atomic mass is 15.0. The molecular weight excluding hydrogens is 534 g/mol. The molecule has 6 aromatic carbocycles. The van der Waals surface area contributed by atoms with Gasteiger partial charge in [-0.25, -0.2) is 4.98 Å². The molecule has 0 saturated carbocycles. The molecule has 0 aliphatic carbocycles. The summed E-state index contributed by atoms with van der Waals surface area (Å²) < 4.78 is 4.69. The minimum Gasteiger partial charge on any atom is -0.316 e. The number of hydrogen-bond acceptors (Lipinski definition) is 1. The molecule has 0 aliphatic heterocycles. The Morgan fingerprint density at radius 3 is 1.91 bits per heavy atom. The molecule has 0 spiro atoms. The molecule has 9 aromatic rings. The lowest BCUT2D eigenvalue weighted by molar-refractivity contribution is 1.13. The smallest absolute Gasteiger partial charge is 0.0787 e. The first kappa shape index (κ1) is 24.6. The fourth-order valence-corrected chi connectivity index (χ4v) is 6.71. The highest BCUT2D eigenvalue weighted by Gasteiger charge is 2.18. The van der Waals surface area contributed by atoms with Crippen molar-refractivity contribution in [2.24, 2.45) is 0 Å². The van der Waals surface area contributed by atoms with E-state index in [1.165, 1.54) is 38.1 Å². The minimum absolute atomic E-state index is 0.973. The van der Waals surface area contributed by atoms with E-state index in [4.69, 9.17) is 4.98 Å². The van der Waals surface area contributed by atoms with Gasteiger partial charge in [-0.1, -0.05) is 103 Å². The fraction of sp³-hybridized carbons (Fsp3) is 0. The molecule has 9 rings (SSSR count). The van der Waals surface area contributed by atoms with Crippen molar-refractivity contribution in [3.63, 3.8) is 0 Å². The summed E-state index contributed by atoms with van der Waals surface area (Å²) >= 11 is 0. The Labute approximate surface area is 254 Å². The molecule has 0 N–H and O–H groups in total. The number of aromatic nitrogens is 3. The number of rotatable bonds is 4. The van der Waals surface area contributed by atoms with E-state index in [-0.39, 0.29) is 0 Å². The van der Waals surface area contributed by atoms with E-state index in [0.717, 1.165) is 39.3 Å². The summed E-state index contributed by atoms with van der Waals surface area (Å²) in [4.78, 5) is 5.27. The first-order valence-electron chi connectivity index (χ1n) is 15.0. The van der Waals surface area contributed by atoms with E-state index < -0.39 is 0 Å². The molecule has 0 bridgehead atoms. The predicted molar refractivity (Wildman–Crippen MR) is 184 cm³/mol. The molecule has 206 valence electrons. The zero-order chi connectivity index (χ0) is 29.0. The molecule has 3 aromatic heterocycles. The summed E-state index contributed by atoms with van der Waals surface area (Å²) in [5.41, 5.74) is 10.1. The molecular formula is C41H27N3. The van der Waals surface area contributed by atoms with Crippen molar-refractivity contribution < 1.29 is 0 Å².